The average Bonchev–Trinajstić information content (AvgIpc) is 3.79. The lowest BCUT2D eigenvalue weighted by molar-refractivity contribution is -0.0937. The second-order valence-corrected chi connectivity index (χ2v) is 18.8. The van der Waals surface area contributed by atoms with E-state index in [1.807, 2.05) is 60.7 Å². The summed E-state index contributed by atoms with van der Waals surface area (Å²) in [6.07, 6.45) is 1.85. The number of nitrogens with one attached hydrogen (secondary N) is 1. The molecule has 1 spiro atoms. The monoisotopic (exact) mass is 640 g/mol. The largest absolute Gasteiger partial charge is 0.497 e. The SMILES string of the molecule is COc1ccc(C(OCC2OC(n3ccc(=O)[nH]c3=O)C3(CC3)C2O[Si](C)(C)C(C)(C)C)(c2ccccc2)c2ccccc2)cc1. The number of H-pyrrole nitrogens is 1. The van der Waals surface area contributed by atoms with E-state index in [1.54, 1.807) is 7.11 Å². The van der Waals surface area contributed by atoms with Gasteiger partial charge in [0.1, 0.15) is 23.7 Å². The van der Waals surface area contributed by atoms with Crippen LogP contribution in [-0.2, 0) is 19.5 Å². The number of benzene rings is 3. The van der Waals surface area contributed by atoms with Gasteiger partial charge in [-0.25, -0.2) is 4.79 Å². The third-order valence-corrected chi connectivity index (χ3v) is 14.6. The van der Waals surface area contributed by atoms with E-state index in [2.05, 4.69) is 63.1 Å². The van der Waals surface area contributed by atoms with Crippen LogP contribution in [0.1, 0.15) is 56.5 Å². The van der Waals surface area contributed by atoms with Gasteiger partial charge in [-0.2, -0.15) is 0 Å². The number of rotatable bonds is 10. The van der Waals surface area contributed by atoms with Crippen molar-refractivity contribution in [3.05, 3.63) is 135 Å². The highest BCUT2D eigenvalue weighted by Gasteiger charge is 2.66. The predicted molar refractivity (Wildman–Crippen MR) is 181 cm³/mol. The molecule has 1 saturated carbocycles. The molecule has 0 amide bonds. The van der Waals surface area contributed by atoms with Gasteiger partial charge in [-0.15, -0.1) is 0 Å². The molecule has 2 aliphatic rings. The molecule has 1 N–H and O–H groups in total. The third-order valence-electron chi connectivity index (χ3n) is 10.2. The van der Waals surface area contributed by atoms with Crippen LogP contribution in [0.3, 0.4) is 0 Å². The second kappa shape index (κ2) is 12.1. The standard InChI is InChI=1S/C37H44N2O6Si/c1-35(2,3)46(5,6)45-32-30(44-33(36(32)22-23-36)39-24-21-31(40)38-34(39)41)25-43-37(26-13-9-7-10-14-26,27-15-11-8-12-16-27)28-17-19-29(42-4)20-18-28/h7-21,24,30,32-33H,22-23,25H2,1-6H3,(H,38,40,41). The Kier molecular flexibility index (Phi) is 8.48. The Hall–Kier alpha value is -3.76. The van der Waals surface area contributed by atoms with Crippen molar-refractivity contribution in [3.8, 4) is 5.75 Å². The van der Waals surface area contributed by atoms with E-state index in [0.717, 1.165) is 35.3 Å². The highest BCUT2D eigenvalue weighted by atomic mass is 28.4. The quantitative estimate of drug-likeness (QED) is 0.155. The fourth-order valence-corrected chi connectivity index (χ4v) is 7.83. The van der Waals surface area contributed by atoms with Crippen molar-refractivity contribution in [2.45, 2.75) is 75.8 Å². The first-order valence-corrected chi connectivity index (χ1v) is 18.9. The van der Waals surface area contributed by atoms with Gasteiger partial charge in [0.15, 0.2) is 8.32 Å². The summed E-state index contributed by atoms with van der Waals surface area (Å²) in [5.74, 6) is 0.755. The van der Waals surface area contributed by atoms with Crippen molar-refractivity contribution >= 4 is 8.32 Å². The molecule has 2 heterocycles. The summed E-state index contributed by atoms with van der Waals surface area (Å²) in [6.45, 7) is 11.4. The zero-order chi connectivity index (χ0) is 32.7. The van der Waals surface area contributed by atoms with E-state index < -0.39 is 42.9 Å². The maximum absolute atomic E-state index is 13.1. The third kappa shape index (κ3) is 5.70. The number of hydrogen-bond acceptors (Lipinski definition) is 6. The van der Waals surface area contributed by atoms with Crippen LogP contribution in [0.15, 0.2) is 107 Å². The zero-order valence-electron chi connectivity index (χ0n) is 27.5. The first kappa shape index (κ1) is 32.2. The lowest BCUT2D eigenvalue weighted by Crippen LogP contribution is -2.49. The minimum atomic E-state index is -2.29. The van der Waals surface area contributed by atoms with Gasteiger partial charge in [-0.3, -0.25) is 14.3 Å². The molecular formula is C37H44N2O6Si. The van der Waals surface area contributed by atoms with Crippen LogP contribution in [0.2, 0.25) is 18.1 Å². The Morgan fingerprint density at radius 2 is 1.43 bits per heavy atom. The summed E-state index contributed by atoms with van der Waals surface area (Å²) in [5.41, 5.74) is 0.573. The van der Waals surface area contributed by atoms with Crippen molar-refractivity contribution in [3.63, 3.8) is 0 Å². The van der Waals surface area contributed by atoms with Gasteiger partial charge in [0.2, 0.25) is 0 Å². The molecule has 1 saturated heterocycles. The highest BCUT2D eigenvalue weighted by molar-refractivity contribution is 6.74. The lowest BCUT2D eigenvalue weighted by Gasteiger charge is -2.42. The highest BCUT2D eigenvalue weighted by Crippen LogP contribution is 2.64. The van der Waals surface area contributed by atoms with Crippen LogP contribution < -0.4 is 16.0 Å². The average molecular weight is 641 g/mol. The van der Waals surface area contributed by atoms with E-state index in [-0.39, 0.29) is 17.7 Å². The summed E-state index contributed by atoms with van der Waals surface area (Å²) in [4.78, 5) is 27.5. The van der Waals surface area contributed by atoms with Crippen molar-refractivity contribution < 1.29 is 18.6 Å². The fraction of sp³-hybridized carbons (Fsp3) is 0.405. The van der Waals surface area contributed by atoms with Crippen LogP contribution in [0.4, 0.5) is 0 Å². The van der Waals surface area contributed by atoms with E-state index in [4.69, 9.17) is 18.6 Å². The minimum Gasteiger partial charge on any atom is -0.497 e. The molecule has 0 bridgehead atoms. The van der Waals surface area contributed by atoms with Gasteiger partial charge in [0.05, 0.1) is 19.8 Å². The summed E-state index contributed by atoms with van der Waals surface area (Å²) >= 11 is 0. The van der Waals surface area contributed by atoms with Crippen molar-refractivity contribution in [1.29, 1.82) is 0 Å². The van der Waals surface area contributed by atoms with Crippen molar-refractivity contribution in [2.24, 2.45) is 5.41 Å². The molecule has 1 aromatic heterocycles. The molecule has 9 heteroatoms. The molecule has 3 atom stereocenters. The Morgan fingerprint density at radius 3 is 1.93 bits per heavy atom. The van der Waals surface area contributed by atoms with E-state index >= 15 is 0 Å². The maximum atomic E-state index is 13.1. The molecule has 2 fully saturated rings. The van der Waals surface area contributed by atoms with Crippen LogP contribution in [-0.4, -0.2) is 43.8 Å². The maximum Gasteiger partial charge on any atom is 0.330 e. The second-order valence-electron chi connectivity index (χ2n) is 14.0. The first-order chi connectivity index (χ1) is 21.9. The van der Waals surface area contributed by atoms with Gasteiger partial charge in [-0.1, -0.05) is 93.6 Å². The fourth-order valence-electron chi connectivity index (χ4n) is 6.46. The predicted octanol–water partition coefficient (Wildman–Crippen LogP) is 6.62. The number of aromatic nitrogens is 2. The van der Waals surface area contributed by atoms with Gasteiger partial charge >= 0.3 is 5.69 Å². The van der Waals surface area contributed by atoms with Gasteiger partial charge in [0, 0.05) is 17.7 Å². The topological polar surface area (TPSA) is 91.8 Å². The Bertz CT molecular complexity index is 1720. The van der Waals surface area contributed by atoms with E-state index in [0.29, 0.717) is 0 Å². The van der Waals surface area contributed by atoms with Crippen LogP contribution in [0, 0.1) is 5.41 Å². The Labute approximate surface area is 271 Å². The normalized spacial score (nSPS) is 21.0. The number of hydrogen-bond donors (Lipinski definition) is 1. The summed E-state index contributed by atoms with van der Waals surface area (Å²) in [7, 11) is -0.628. The molecule has 46 heavy (non-hydrogen) atoms. The molecule has 6 rings (SSSR count). The van der Waals surface area contributed by atoms with Gasteiger partial charge in [-0.05, 0) is 59.8 Å². The van der Waals surface area contributed by atoms with E-state index in [9.17, 15) is 9.59 Å². The molecule has 3 aromatic carbocycles. The molecular weight excluding hydrogens is 597 g/mol. The van der Waals surface area contributed by atoms with Gasteiger partial charge in [0.25, 0.3) is 5.56 Å². The van der Waals surface area contributed by atoms with Crippen LogP contribution in [0.25, 0.3) is 0 Å². The number of nitrogens with zero attached hydrogens (tertiary/aromatic N) is 1. The van der Waals surface area contributed by atoms with Crippen molar-refractivity contribution in [1.82, 2.24) is 9.55 Å². The molecule has 1 aliphatic heterocycles. The Morgan fingerprint density at radius 1 is 0.870 bits per heavy atom. The molecule has 4 aromatic rings. The molecule has 242 valence electrons. The first-order valence-electron chi connectivity index (χ1n) is 16.0. The smallest absolute Gasteiger partial charge is 0.330 e. The summed E-state index contributed by atoms with van der Waals surface area (Å²) in [6, 6.07) is 29.8. The molecule has 1 aliphatic carbocycles. The van der Waals surface area contributed by atoms with Crippen LogP contribution in [0.5, 0.6) is 5.75 Å². The summed E-state index contributed by atoms with van der Waals surface area (Å²) in [5, 5.41) is -0.0394. The van der Waals surface area contributed by atoms with Crippen molar-refractivity contribution in [2.75, 3.05) is 13.7 Å². The van der Waals surface area contributed by atoms with Crippen LogP contribution >= 0.6 is 0 Å². The van der Waals surface area contributed by atoms with E-state index in [1.165, 1.54) is 16.8 Å². The zero-order valence-corrected chi connectivity index (χ0v) is 28.5. The minimum absolute atomic E-state index is 0.0394. The number of methoxy groups -OCH3 is 1. The molecule has 3 unspecified atom stereocenters. The number of aromatic amines is 1. The summed E-state index contributed by atoms with van der Waals surface area (Å²) < 4.78 is 28.3. The number of ether oxygens (including phenoxy) is 3. The Balaban J connectivity index is 1.46. The molecule has 0 radical (unpaired) electrons. The molecule has 8 nitrogen and oxygen atoms in total. The van der Waals surface area contributed by atoms with Gasteiger partial charge < -0.3 is 18.6 Å². The lowest BCUT2D eigenvalue weighted by atomic mass is 9.80.